The molecule has 0 saturated heterocycles. The summed E-state index contributed by atoms with van der Waals surface area (Å²) in [7, 11) is 0. The lowest BCUT2D eigenvalue weighted by molar-refractivity contribution is 0.669. The summed E-state index contributed by atoms with van der Waals surface area (Å²) in [6.07, 6.45) is 5.38. The number of hydrogen-bond donors (Lipinski definition) is 0. The summed E-state index contributed by atoms with van der Waals surface area (Å²) in [6.45, 7) is 0. The van der Waals surface area contributed by atoms with E-state index in [-0.39, 0.29) is 0 Å². The van der Waals surface area contributed by atoms with Crippen molar-refractivity contribution in [1.82, 2.24) is 0 Å². The average Bonchev–Trinajstić information content (AvgIpc) is 3.70. The van der Waals surface area contributed by atoms with Crippen LogP contribution in [0.25, 0.3) is 86.1 Å². The maximum absolute atomic E-state index is 6.64. The number of allylic oxidation sites excluding steroid dienone is 3. The third-order valence-electron chi connectivity index (χ3n) is 10.7. The first-order valence-corrected chi connectivity index (χ1v) is 18.9. The number of rotatable bonds is 4. The van der Waals surface area contributed by atoms with Gasteiger partial charge in [-0.1, -0.05) is 127 Å². The van der Waals surface area contributed by atoms with Crippen LogP contribution in [-0.2, 0) is 0 Å². The van der Waals surface area contributed by atoms with Crippen molar-refractivity contribution < 1.29 is 4.42 Å². The zero-order chi connectivity index (χ0) is 34.9. The topological polar surface area (TPSA) is 25.5 Å². The van der Waals surface area contributed by atoms with Gasteiger partial charge < -0.3 is 4.42 Å². The zero-order valence-electron chi connectivity index (χ0n) is 28.7. The van der Waals surface area contributed by atoms with E-state index in [1.807, 2.05) is 11.3 Å². The summed E-state index contributed by atoms with van der Waals surface area (Å²) in [5.74, 6) is 0. The first-order chi connectivity index (χ1) is 26.2. The van der Waals surface area contributed by atoms with E-state index in [4.69, 9.17) is 9.41 Å². The lowest BCUT2D eigenvalue weighted by atomic mass is 9.95. The standard InChI is InChI=1S/C50H31NOS/c1-3-11-33-27-35(21-19-31(33)9-1)37-24-26-43(39-15-8-18-48-50(39)42-13-5-6-17-47(42)53-48)51-44(29-37)40-14-7-16-45-49(40)41-25-23-38(30-46(41)52-45)36-22-20-32-10-2-4-12-34(32)28-36/h1-23,25-30H,24H2. The Labute approximate surface area is 310 Å². The molecule has 0 bridgehead atoms. The van der Waals surface area contributed by atoms with E-state index in [9.17, 15) is 0 Å². The van der Waals surface area contributed by atoms with E-state index in [0.717, 1.165) is 56.5 Å². The molecule has 2 nitrogen and oxygen atoms in total. The smallest absolute Gasteiger partial charge is 0.136 e. The van der Waals surface area contributed by atoms with Crippen LogP contribution in [0.3, 0.4) is 0 Å². The lowest BCUT2D eigenvalue weighted by Gasteiger charge is -2.09. The highest BCUT2D eigenvalue weighted by Gasteiger charge is 2.20. The third kappa shape index (κ3) is 5.04. The normalized spacial score (nSPS) is 13.5. The third-order valence-corrected chi connectivity index (χ3v) is 11.9. The van der Waals surface area contributed by atoms with Crippen molar-refractivity contribution in [3.05, 3.63) is 193 Å². The Bertz CT molecular complexity index is 3210. The fraction of sp³-hybridized carbons (Fsp3) is 0.0200. The van der Waals surface area contributed by atoms with Crippen LogP contribution in [0.5, 0.6) is 0 Å². The molecule has 0 fully saturated rings. The number of aliphatic imine (C=N–C) groups is 1. The summed E-state index contributed by atoms with van der Waals surface area (Å²) < 4.78 is 9.21. The van der Waals surface area contributed by atoms with Gasteiger partial charge in [0.2, 0.25) is 0 Å². The number of furan rings is 1. The number of hydrogen-bond acceptors (Lipinski definition) is 3. The molecule has 1 aliphatic rings. The molecule has 11 rings (SSSR count). The maximum atomic E-state index is 6.64. The Morgan fingerprint density at radius 3 is 1.98 bits per heavy atom. The van der Waals surface area contributed by atoms with Crippen molar-refractivity contribution in [2.24, 2.45) is 4.99 Å². The Balaban J connectivity index is 1.11. The van der Waals surface area contributed by atoms with Crippen LogP contribution in [0.2, 0.25) is 0 Å². The van der Waals surface area contributed by atoms with Gasteiger partial charge in [-0.3, -0.25) is 0 Å². The van der Waals surface area contributed by atoms with E-state index >= 15 is 0 Å². The summed E-state index contributed by atoms with van der Waals surface area (Å²) in [5.41, 5.74) is 10.6. The minimum Gasteiger partial charge on any atom is -0.456 e. The molecule has 3 heterocycles. The molecular weight excluding hydrogens is 663 g/mol. The molecular formula is C50H31NOS. The van der Waals surface area contributed by atoms with E-state index in [2.05, 4.69) is 176 Å². The number of fused-ring (bicyclic) bond motifs is 8. The Hall–Kier alpha value is -6.55. The van der Waals surface area contributed by atoms with Gasteiger partial charge in [0, 0.05) is 42.1 Å². The minimum atomic E-state index is 0.760. The van der Waals surface area contributed by atoms with Crippen LogP contribution in [0.4, 0.5) is 0 Å². The number of nitrogens with zero attached hydrogens (tertiary/aromatic N) is 1. The van der Waals surface area contributed by atoms with Crippen molar-refractivity contribution >= 4 is 92.0 Å². The second-order valence-electron chi connectivity index (χ2n) is 13.9. The number of benzene rings is 8. The van der Waals surface area contributed by atoms with Gasteiger partial charge in [-0.15, -0.1) is 11.3 Å². The molecule has 0 atom stereocenters. The highest BCUT2D eigenvalue weighted by atomic mass is 32.1. The van der Waals surface area contributed by atoms with Crippen LogP contribution in [0.1, 0.15) is 23.1 Å². The van der Waals surface area contributed by atoms with Gasteiger partial charge in [0.1, 0.15) is 11.2 Å². The monoisotopic (exact) mass is 693 g/mol. The first kappa shape index (κ1) is 30.1. The predicted molar refractivity (Wildman–Crippen MR) is 227 cm³/mol. The van der Waals surface area contributed by atoms with Gasteiger partial charge in [0.15, 0.2) is 0 Å². The average molecular weight is 694 g/mol. The molecule has 0 amide bonds. The molecule has 2 aromatic heterocycles. The van der Waals surface area contributed by atoms with Gasteiger partial charge in [-0.2, -0.15) is 0 Å². The van der Waals surface area contributed by atoms with Crippen LogP contribution < -0.4 is 0 Å². The second-order valence-corrected chi connectivity index (χ2v) is 14.9. The van der Waals surface area contributed by atoms with E-state index in [0.29, 0.717) is 0 Å². The highest BCUT2D eigenvalue weighted by molar-refractivity contribution is 7.25. The lowest BCUT2D eigenvalue weighted by Crippen LogP contribution is -1.99. The summed E-state index contributed by atoms with van der Waals surface area (Å²) in [4.78, 5) is 5.59. The van der Waals surface area contributed by atoms with Gasteiger partial charge in [-0.05, 0) is 98.8 Å². The summed E-state index contributed by atoms with van der Waals surface area (Å²) in [6, 6.07) is 58.9. The summed E-state index contributed by atoms with van der Waals surface area (Å²) in [5, 5.41) is 9.66. The molecule has 0 N–H and O–H groups in total. The van der Waals surface area contributed by atoms with E-state index < -0.39 is 0 Å². The van der Waals surface area contributed by atoms with Gasteiger partial charge >= 0.3 is 0 Å². The van der Waals surface area contributed by atoms with Gasteiger partial charge in [-0.25, -0.2) is 4.99 Å². The Morgan fingerprint density at radius 2 is 1.13 bits per heavy atom. The molecule has 0 unspecified atom stereocenters. The summed E-state index contributed by atoms with van der Waals surface area (Å²) >= 11 is 1.84. The largest absolute Gasteiger partial charge is 0.456 e. The predicted octanol–water partition coefficient (Wildman–Crippen LogP) is 14.2. The van der Waals surface area contributed by atoms with Gasteiger partial charge in [0.05, 0.1) is 11.4 Å². The van der Waals surface area contributed by atoms with Crippen molar-refractivity contribution in [2.75, 3.05) is 0 Å². The SMILES string of the molecule is C1=C(c2ccc3ccccc3c2)CC=C(c2cccc3sc4ccccc4c23)N=C1c1cccc2oc3cc(-c4ccc5ccccc5c4)ccc3c12. The molecule has 1 aliphatic heterocycles. The Morgan fingerprint density at radius 1 is 0.472 bits per heavy atom. The van der Waals surface area contributed by atoms with Crippen LogP contribution in [0, 0.1) is 0 Å². The molecule has 0 saturated carbocycles. The molecule has 0 radical (unpaired) electrons. The number of thiophene rings is 1. The Kier molecular flexibility index (Phi) is 6.83. The second kappa shape index (κ2) is 12.0. The molecule has 10 aromatic rings. The van der Waals surface area contributed by atoms with Crippen molar-refractivity contribution in [1.29, 1.82) is 0 Å². The molecule has 3 heteroatoms. The fourth-order valence-corrected chi connectivity index (χ4v) is 9.24. The molecule has 8 aromatic carbocycles. The first-order valence-electron chi connectivity index (χ1n) is 18.1. The van der Waals surface area contributed by atoms with Crippen LogP contribution >= 0.6 is 11.3 Å². The molecule has 0 aliphatic carbocycles. The van der Waals surface area contributed by atoms with Crippen molar-refractivity contribution in [3.63, 3.8) is 0 Å². The molecule has 53 heavy (non-hydrogen) atoms. The van der Waals surface area contributed by atoms with Crippen LogP contribution in [0.15, 0.2) is 185 Å². The van der Waals surface area contributed by atoms with Crippen molar-refractivity contribution in [2.45, 2.75) is 6.42 Å². The molecule has 248 valence electrons. The van der Waals surface area contributed by atoms with Crippen molar-refractivity contribution in [3.8, 4) is 11.1 Å². The van der Waals surface area contributed by atoms with E-state index in [1.165, 1.54) is 58.4 Å². The van der Waals surface area contributed by atoms with Gasteiger partial charge in [0.25, 0.3) is 0 Å². The maximum Gasteiger partial charge on any atom is 0.136 e. The minimum absolute atomic E-state index is 0.760. The van der Waals surface area contributed by atoms with E-state index in [1.54, 1.807) is 0 Å². The fourth-order valence-electron chi connectivity index (χ4n) is 8.11. The quantitative estimate of drug-likeness (QED) is 0.180. The zero-order valence-corrected chi connectivity index (χ0v) is 29.5. The molecule has 0 spiro atoms. The highest BCUT2D eigenvalue weighted by Crippen LogP contribution is 2.41. The van der Waals surface area contributed by atoms with Crippen LogP contribution in [-0.4, -0.2) is 5.71 Å².